The van der Waals surface area contributed by atoms with Crippen molar-refractivity contribution >= 4 is 16.8 Å². The lowest BCUT2D eigenvalue weighted by atomic mass is 10.2. The fourth-order valence-electron chi connectivity index (χ4n) is 2.66. The van der Waals surface area contributed by atoms with Crippen molar-refractivity contribution in [2.45, 2.75) is 19.9 Å². The molecule has 5 nitrogen and oxygen atoms in total. The van der Waals surface area contributed by atoms with Crippen molar-refractivity contribution < 1.29 is 14.3 Å². The molecular formula is C16H20N2O3. The minimum atomic E-state index is 0.0277. The molecule has 0 saturated carbocycles. The number of carbonyl (C=O) groups excluding carboxylic acids is 1. The summed E-state index contributed by atoms with van der Waals surface area (Å²) in [5.74, 6) is 0.838. The van der Waals surface area contributed by atoms with Crippen LogP contribution in [0.15, 0.2) is 24.3 Å². The molecule has 1 aromatic heterocycles. The average molecular weight is 288 g/mol. The Morgan fingerprint density at radius 3 is 3.10 bits per heavy atom. The first-order valence-electron chi connectivity index (χ1n) is 7.33. The Bertz CT molecular complexity index is 650. The normalized spacial score (nSPS) is 19.0. The molecule has 3 rings (SSSR count). The maximum Gasteiger partial charge on any atom is 0.270 e. The number of hydrogen-bond acceptors (Lipinski definition) is 3. The molecule has 0 aliphatic carbocycles. The van der Waals surface area contributed by atoms with E-state index in [-0.39, 0.29) is 11.9 Å². The number of ether oxygens (including phenoxy) is 2. The Labute approximate surface area is 123 Å². The van der Waals surface area contributed by atoms with E-state index < -0.39 is 0 Å². The number of aromatic amines is 1. The second kappa shape index (κ2) is 5.77. The van der Waals surface area contributed by atoms with Crippen LogP contribution in [0.25, 0.3) is 10.9 Å². The van der Waals surface area contributed by atoms with Gasteiger partial charge in [-0.1, -0.05) is 0 Å². The quantitative estimate of drug-likeness (QED) is 0.943. The fraction of sp³-hybridized carbons (Fsp3) is 0.438. The molecule has 2 aromatic rings. The van der Waals surface area contributed by atoms with Gasteiger partial charge < -0.3 is 19.4 Å². The third kappa shape index (κ3) is 2.74. The topological polar surface area (TPSA) is 54.6 Å². The molecule has 0 bridgehead atoms. The van der Waals surface area contributed by atoms with Gasteiger partial charge in [-0.25, -0.2) is 0 Å². The molecule has 1 aliphatic heterocycles. The van der Waals surface area contributed by atoms with E-state index in [1.165, 1.54) is 0 Å². The average Bonchev–Trinajstić information content (AvgIpc) is 2.90. The lowest BCUT2D eigenvalue weighted by molar-refractivity contribution is 0.00332. The van der Waals surface area contributed by atoms with Gasteiger partial charge in [-0.3, -0.25) is 4.79 Å². The first kappa shape index (κ1) is 13.9. The summed E-state index contributed by atoms with van der Waals surface area (Å²) < 4.78 is 10.9. The molecule has 0 unspecified atom stereocenters. The maximum absolute atomic E-state index is 12.6. The smallest absolute Gasteiger partial charge is 0.270 e. The van der Waals surface area contributed by atoms with Gasteiger partial charge in [-0.15, -0.1) is 0 Å². The number of morpholine rings is 1. The van der Waals surface area contributed by atoms with Crippen molar-refractivity contribution in [3.05, 3.63) is 30.0 Å². The van der Waals surface area contributed by atoms with E-state index in [4.69, 9.17) is 9.47 Å². The van der Waals surface area contributed by atoms with Gasteiger partial charge >= 0.3 is 0 Å². The largest absolute Gasteiger partial charge is 0.494 e. The Balaban J connectivity index is 1.87. The highest BCUT2D eigenvalue weighted by atomic mass is 16.5. The van der Waals surface area contributed by atoms with E-state index in [9.17, 15) is 4.79 Å². The van der Waals surface area contributed by atoms with Gasteiger partial charge in [-0.05, 0) is 32.0 Å². The minimum absolute atomic E-state index is 0.0277. The van der Waals surface area contributed by atoms with Gasteiger partial charge in [0.15, 0.2) is 0 Å². The molecule has 21 heavy (non-hydrogen) atoms. The highest BCUT2D eigenvalue weighted by Crippen LogP contribution is 2.23. The summed E-state index contributed by atoms with van der Waals surface area (Å²) in [5, 5.41) is 1.02. The third-order valence-electron chi connectivity index (χ3n) is 3.76. The van der Waals surface area contributed by atoms with Crippen LogP contribution < -0.4 is 4.74 Å². The molecule has 5 heteroatoms. The van der Waals surface area contributed by atoms with Crippen LogP contribution in [0.4, 0.5) is 0 Å². The summed E-state index contributed by atoms with van der Waals surface area (Å²) in [7, 11) is 0. The Morgan fingerprint density at radius 1 is 1.48 bits per heavy atom. The Hall–Kier alpha value is -2.01. The van der Waals surface area contributed by atoms with Crippen molar-refractivity contribution in [2.75, 3.05) is 26.4 Å². The van der Waals surface area contributed by atoms with Gasteiger partial charge in [-0.2, -0.15) is 0 Å². The second-order valence-electron chi connectivity index (χ2n) is 5.29. The van der Waals surface area contributed by atoms with Crippen LogP contribution in [-0.2, 0) is 4.74 Å². The zero-order chi connectivity index (χ0) is 14.8. The molecule has 2 heterocycles. The van der Waals surface area contributed by atoms with Gasteiger partial charge in [0.25, 0.3) is 5.91 Å². The highest BCUT2D eigenvalue weighted by molar-refractivity contribution is 5.98. The number of benzene rings is 1. The monoisotopic (exact) mass is 288 g/mol. The summed E-state index contributed by atoms with van der Waals surface area (Å²) in [6, 6.07) is 7.83. The maximum atomic E-state index is 12.6. The zero-order valence-electron chi connectivity index (χ0n) is 12.4. The van der Waals surface area contributed by atoms with E-state index in [1.54, 1.807) is 0 Å². The zero-order valence-corrected chi connectivity index (χ0v) is 12.4. The van der Waals surface area contributed by atoms with Crippen LogP contribution >= 0.6 is 0 Å². The first-order chi connectivity index (χ1) is 10.2. The van der Waals surface area contributed by atoms with Crippen molar-refractivity contribution in [3.63, 3.8) is 0 Å². The second-order valence-corrected chi connectivity index (χ2v) is 5.29. The first-order valence-corrected chi connectivity index (χ1v) is 7.33. The molecule has 1 atom stereocenters. The lowest BCUT2D eigenvalue weighted by Crippen LogP contribution is -2.47. The van der Waals surface area contributed by atoms with Gasteiger partial charge in [0.1, 0.15) is 11.4 Å². The molecule has 112 valence electrons. The van der Waals surface area contributed by atoms with Crippen LogP contribution in [0.5, 0.6) is 5.75 Å². The number of rotatable bonds is 3. The number of hydrogen-bond donors (Lipinski definition) is 1. The number of H-pyrrole nitrogens is 1. The number of amides is 1. The van der Waals surface area contributed by atoms with E-state index in [1.807, 2.05) is 43.0 Å². The molecule has 0 radical (unpaired) electrons. The predicted molar refractivity (Wildman–Crippen MR) is 80.8 cm³/mol. The number of nitrogens with one attached hydrogen (secondary N) is 1. The van der Waals surface area contributed by atoms with E-state index >= 15 is 0 Å². The highest BCUT2D eigenvalue weighted by Gasteiger charge is 2.25. The fourth-order valence-corrected chi connectivity index (χ4v) is 2.66. The molecule has 1 saturated heterocycles. The minimum Gasteiger partial charge on any atom is -0.494 e. The number of fused-ring (bicyclic) bond motifs is 1. The van der Waals surface area contributed by atoms with Gasteiger partial charge in [0.05, 0.1) is 25.9 Å². The molecule has 1 fully saturated rings. The van der Waals surface area contributed by atoms with Crippen molar-refractivity contribution in [1.82, 2.24) is 9.88 Å². The SMILES string of the molecule is CCOc1ccc2cc(C(=O)N3CCOC[C@H]3C)[nH]c2c1. The van der Waals surface area contributed by atoms with Gasteiger partial charge in [0, 0.05) is 23.5 Å². The van der Waals surface area contributed by atoms with Crippen LogP contribution in [0, 0.1) is 0 Å². The summed E-state index contributed by atoms with van der Waals surface area (Å²) in [4.78, 5) is 17.7. The number of aromatic nitrogens is 1. The van der Waals surface area contributed by atoms with E-state index in [0.29, 0.717) is 32.1 Å². The third-order valence-corrected chi connectivity index (χ3v) is 3.76. The predicted octanol–water partition coefficient (Wildman–Crippen LogP) is 2.43. The number of carbonyl (C=O) groups is 1. The van der Waals surface area contributed by atoms with Crippen LogP contribution in [0.3, 0.4) is 0 Å². The molecule has 0 spiro atoms. The summed E-state index contributed by atoms with van der Waals surface area (Å²) in [6.45, 7) is 6.43. The summed E-state index contributed by atoms with van der Waals surface area (Å²) in [6.07, 6.45) is 0. The number of nitrogens with zero attached hydrogens (tertiary/aromatic N) is 1. The van der Waals surface area contributed by atoms with Crippen molar-refractivity contribution in [2.24, 2.45) is 0 Å². The van der Waals surface area contributed by atoms with Crippen molar-refractivity contribution in [3.8, 4) is 5.75 Å². The van der Waals surface area contributed by atoms with E-state index in [0.717, 1.165) is 16.7 Å². The molecule has 1 aromatic carbocycles. The van der Waals surface area contributed by atoms with Crippen molar-refractivity contribution in [1.29, 1.82) is 0 Å². The van der Waals surface area contributed by atoms with E-state index in [2.05, 4.69) is 4.98 Å². The lowest BCUT2D eigenvalue weighted by Gasteiger charge is -2.32. The van der Waals surface area contributed by atoms with Crippen LogP contribution in [0.1, 0.15) is 24.3 Å². The molecule has 1 aliphatic rings. The van der Waals surface area contributed by atoms with Crippen LogP contribution in [-0.4, -0.2) is 48.2 Å². The van der Waals surface area contributed by atoms with Gasteiger partial charge in [0.2, 0.25) is 0 Å². The standard InChI is InChI=1S/C16H20N2O3/c1-3-21-13-5-4-12-8-15(17-14(12)9-13)16(19)18-6-7-20-10-11(18)2/h4-5,8-9,11,17H,3,6-7,10H2,1-2H3/t11-/m1/s1. The molecule has 1 N–H and O–H groups in total. The Morgan fingerprint density at radius 2 is 2.33 bits per heavy atom. The summed E-state index contributed by atoms with van der Waals surface area (Å²) >= 11 is 0. The molecular weight excluding hydrogens is 268 g/mol. The van der Waals surface area contributed by atoms with Crippen LogP contribution in [0.2, 0.25) is 0 Å². The summed E-state index contributed by atoms with van der Waals surface area (Å²) in [5.41, 5.74) is 1.54. The Kier molecular flexibility index (Phi) is 3.84. The molecule has 1 amide bonds.